The van der Waals surface area contributed by atoms with Crippen LogP contribution in [-0.2, 0) is 17.9 Å². The van der Waals surface area contributed by atoms with Gasteiger partial charge in [0, 0.05) is 11.8 Å². The van der Waals surface area contributed by atoms with Crippen LogP contribution in [-0.4, -0.2) is 41.5 Å². The van der Waals surface area contributed by atoms with E-state index in [9.17, 15) is 14.0 Å². The number of carbonyl (C=O) groups is 2. The number of aromatic nitrogens is 5. The minimum atomic E-state index is -1.07. The lowest BCUT2D eigenvalue weighted by Crippen LogP contribution is -2.13. The molecule has 0 spiro atoms. The average Bonchev–Trinajstić information content (AvgIpc) is 3.19. The molecule has 0 fully saturated rings. The Bertz CT molecular complexity index is 919. The first kappa shape index (κ1) is 16.3. The Kier molecular flexibility index (Phi) is 4.50. The molecule has 0 atom stereocenters. The zero-order valence-electron chi connectivity index (χ0n) is 12.8. The molecule has 2 N–H and O–H groups in total. The highest BCUT2D eigenvalue weighted by Gasteiger charge is 2.13. The summed E-state index contributed by atoms with van der Waals surface area (Å²) >= 11 is 0. The standard InChI is InChI=1S/C15H13FN6O3/c16-12-4-2-1-3-10(12)6-22-9-17-15(20-22)19-14(25)11-5-18-21(7-11)8-13(23)24/h1-5,7,9H,6,8H2,(H,23,24)(H,19,20,25). The molecule has 0 radical (unpaired) electrons. The molecule has 0 saturated carbocycles. The van der Waals surface area contributed by atoms with Gasteiger partial charge in [0.25, 0.3) is 5.91 Å². The van der Waals surface area contributed by atoms with Crippen molar-refractivity contribution in [1.82, 2.24) is 24.5 Å². The van der Waals surface area contributed by atoms with Gasteiger partial charge in [-0.2, -0.15) is 5.10 Å². The number of carbonyl (C=O) groups excluding carboxylic acids is 1. The summed E-state index contributed by atoms with van der Waals surface area (Å²) in [6.45, 7) is -0.172. The maximum atomic E-state index is 13.6. The summed E-state index contributed by atoms with van der Waals surface area (Å²) in [6, 6.07) is 6.29. The highest BCUT2D eigenvalue weighted by atomic mass is 19.1. The van der Waals surface area contributed by atoms with Gasteiger partial charge in [-0.1, -0.05) is 18.2 Å². The Balaban J connectivity index is 1.65. The topological polar surface area (TPSA) is 115 Å². The Hall–Kier alpha value is -3.56. The SMILES string of the molecule is O=C(O)Cn1cc(C(=O)Nc2ncn(Cc3ccccc3F)n2)cn1. The quantitative estimate of drug-likeness (QED) is 0.689. The number of nitrogens with zero attached hydrogens (tertiary/aromatic N) is 5. The second-order valence-electron chi connectivity index (χ2n) is 5.13. The highest BCUT2D eigenvalue weighted by Crippen LogP contribution is 2.09. The summed E-state index contributed by atoms with van der Waals surface area (Å²) in [6.07, 6.45) is 3.92. The van der Waals surface area contributed by atoms with Gasteiger partial charge < -0.3 is 5.11 Å². The summed E-state index contributed by atoms with van der Waals surface area (Å²) in [5, 5.41) is 19.0. The molecule has 1 amide bonds. The monoisotopic (exact) mass is 344 g/mol. The lowest BCUT2D eigenvalue weighted by molar-refractivity contribution is -0.137. The molecule has 25 heavy (non-hydrogen) atoms. The van der Waals surface area contributed by atoms with Crippen molar-refractivity contribution >= 4 is 17.8 Å². The molecule has 0 aliphatic rings. The van der Waals surface area contributed by atoms with Crippen molar-refractivity contribution in [1.29, 1.82) is 0 Å². The van der Waals surface area contributed by atoms with Crippen LogP contribution in [0.5, 0.6) is 0 Å². The molecule has 0 saturated heterocycles. The normalized spacial score (nSPS) is 10.6. The zero-order chi connectivity index (χ0) is 17.8. The first-order valence-corrected chi connectivity index (χ1v) is 7.20. The van der Waals surface area contributed by atoms with Crippen LogP contribution in [0, 0.1) is 5.82 Å². The second kappa shape index (κ2) is 6.91. The van der Waals surface area contributed by atoms with E-state index in [-0.39, 0.29) is 30.4 Å². The van der Waals surface area contributed by atoms with Crippen LogP contribution < -0.4 is 5.32 Å². The summed E-state index contributed by atoms with van der Waals surface area (Å²) < 4.78 is 16.1. The fourth-order valence-corrected chi connectivity index (χ4v) is 2.11. The Morgan fingerprint density at radius 3 is 2.80 bits per heavy atom. The smallest absolute Gasteiger partial charge is 0.325 e. The van der Waals surface area contributed by atoms with Gasteiger partial charge in [0.1, 0.15) is 18.7 Å². The van der Waals surface area contributed by atoms with Crippen molar-refractivity contribution in [3.05, 3.63) is 59.9 Å². The Morgan fingerprint density at radius 2 is 2.04 bits per heavy atom. The number of amides is 1. The zero-order valence-corrected chi connectivity index (χ0v) is 12.8. The predicted octanol–water partition coefficient (Wildman–Crippen LogP) is 0.999. The number of rotatable bonds is 6. The van der Waals surface area contributed by atoms with Crippen LogP contribution in [0.3, 0.4) is 0 Å². The Labute approximate surface area is 140 Å². The van der Waals surface area contributed by atoms with Crippen LogP contribution in [0.15, 0.2) is 43.0 Å². The van der Waals surface area contributed by atoms with Gasteiger partial charge >= 0.3 is 5.97 Å². The number of hydrogen-bond donors (Lipinski definition) is 2. The molecule has 2 aromatic heterocycles. The maximum Gasteiger partial charge on any atom is 0.325 e. The van der Waals surface area contributed by atoms with E-state index in [1.54, 1.807) is 18.2 Å². The minimum Gasteiger partial charge on any atom is -0.480 e. The van der Waals surface area contributed by atoms with Crippen LogP contribution in [0.4, 0.5) is 10.3 Å². The number of carboxylic acid groups (broad SMARTS) is 1. The molecule has 10 heteroatoms. The van der Waals surface area contributed by atoms with Gasteiger partial charge in [0.05, 0.1) is 18.3 Å². The lowest BCUT2D eigenvalue weighted by atomic mass is 10.2. The van der Waals surface area contributed by atoms with E-state index in [1.807, 2.05) is 0 Å². The van der Waals surface area contributed by atoms with Crippen molar-refractivity contribution in [2.75, 3.05) is 5.32 Å². The Morgan fingerprint density at radius 1 is 1.24 bits per heavy atom. The lowest BCUT2D eigenvalue weighted by Gasteiger charge is -2.02. The second-order valence-corrected chi connectivity index (χ2v) is 5.13. The van der Waals surface area contributed by atoms with Crippen LogP contribution in [0.2, 0.25) is 0 Å². The number of hydrogen-bond acceptors (Lipinski definition) is 5. The molecular formula is C15H13FN6O3. The molecule has 3 rings (SSSR count). The van der Waals surface area contributed by atoms with E-state index >= 15 is 0 Å². The molecule has 0 aliphatic carbocycles. The number of carboxylic acids is 1. The number of nitrogens with one attached hydrogen (secondary N) is 1. The highest BCUT2D eigenvalue weighted by molar-refractivity contribution is 6.02. The van der Waals surface area contributed by atoms with Crippen molar-refractivity contribution in [2.45, 2.75) is 13.1 Å². The van der Waals surface area contributed by atoms with E-state index in [4.69, 9.17) is 5.11 Å². The number of benzene rings is 1. The number of aliphatic carboxylic acids is 1. The van der Waals surface area contributed by atoms with E-state index in [1.165, 1.54) is 29.5 Å². The first-order chi connectivity index (χ1) is 12.0. The molecule has 0 unspecified atom stereocenters. The third kappa shape index (κ3) is 4.05. The van der Waals surface area contributed by atoms with Gasteiger partial charge in [-0.25, -0.2) is 14.1 Å². The maximum absolute atomic E-state index is 13.6. The molecule has 128 valence electrons. The fraction of sp³-hybridized carbons (Fsp3) is 0.133. The van der Waals surface area contributed by atoms with Gasteiger partial charge in [-0.3, -0.25) is 19.6 Å². The van der Waals surface area contributed by atoms with Gasteiger partial charge in [0.2, 0.25) is 5.95 Å². The number of anilines is 1. The predicted molar refractivity (Wildman–Crippen MR) is 83.3 cm³/mol. The van der Waals surface area contributed by atoms with Crippen molar-refractivity contribution in [3.63, 3.8) is 0 Å². The molecule has 1 aromatic carbocycles. The molecule has 0 aliphatic heterocycles. The third-order valence-electron chi connectivity index (χ3n) is 3.24. The summed E-state index contributed by atoms with van der Waals surface area (Å²) in [7, 11) is 0. The molecule has 2 heterocycles. The first-order valence-electron chi connectivity index (χ1n) is 7.20. The van der Waals surface area contributed by atoms with Crippen molar-refractivity contribution in [3.8, 4) is 0 Å². The van der Waals surface area contributed by atoms with Crippen LogP contribution in [0.1, 0.15) is 15.9 Å². The van der Waals surface area contributed by atoms with E-state index < -0.39 is 11.9 Å². The fourth-order valence-electron chi connectivity index (χ4n) is 2.11. The summed E-state index contributed by atoms with van der Waals surface area (Å²) in [5.41, 5.74) is 0.618. The van der Waals surface area contributed by atoms with E-state index in [2.05, 4.69) is 20.5 Å². The molecule has 3 aromatic rings. The summed E-state index contributed by atoms with van der Waals surface area (Å²) in [5.74, 6) is -1.90. The van der Waals surface area contributed by atoms with Crippen LogP contribution >= 0.6 is 0 Å². The molecule has 9 nitrogen and oxygen atoms in total. The van der Waals surface area contributed by atoms with Gasteiger partial charge in [0.15, 0.2) is 0 Å². The van der Waals surface area contributed by atoms with Crippen molar-refractivity contribution in [2.24, 2.45) is 0 Å². The van der Waals surface area contributed by atoms with Crippen LogP contribution in [0.25, 0.3) is 0 Å². The largest absolute Gasteiger partial charge is 0.480 e. The van der Waals surface area contributed by atoms with Gasteiger partial charge in [-0.05, 0) is 6.07 Å². The average molecular weight is 344 g/mol. The molecular weight excluding hydrogens is 331 g/mol. The van der Waals surface area contributed by atoms with Crippen molar-refractivity contribution < 1.29 is 19.1 Å². The molecule has 0 bridgehead atoms. The van der Waals surface area contributed by atoms with E-state index in [0.29, 0.717) is 5.56 Å². The van der Waals surface area contributed by atoms with Gasteiger partial charge in [-0.15, -0.1) is 5.10 Å². The van der Waals surface area contributed by atoms with E-state index in [0.717, 1.165) is 4.68 Å². The third-order valence-corrected chi connectivity index (χ3v) is 3.24. The minimum absolute atomic E-state index is 0.0484. The summed E-state index contributed by atoms with van der Waals surface area (Å²) in [4.78, 5) is 26.6. The number of halogens is 1.